The van der Waals surface area contributed by atoms with Crippen LogP contribution in [0.25, 0.3) is 0 Å². The normalized spacial score (nSPS) is 22.2. The second-order valence-electron chi connectivity index (χ2n) is 5.02. The Hall–Kier alpha value is -1.49. The molecular formula is C15H19NO3S. The van der Waals surface area contributed by atoms with Gasteiger partial charge in [-0.2, -0.15) is 11.8 Å². The minimum atomic E-state index is -1.01. The minimum Gasteiger partial charge on any atom is -0.478 e. The SMILES string of the molecule is CSC1CCCCC1NC(=O)c1cccc(C(=O)O)c1. The Morgan fingerprint density at radius 2 is 1.95 bits per heavy atom. The number of hydrogen-bond acceptors (Lipinski definition) is 3. The monoisotopic (exact) mass is 293 g/mol. The number of aromatic carboxylic acids is 1. The van der Waals surface area contributed by atoms with Crippen LogP contribution < -0.4 is 5.32 Å². The Morgan fingerprint density at radius 3 is 2.65 bits per heavy atom. The van der Waals surface area contributed by atoms with Gasteiger partial charge in [-0.15, -0.1) is 0 Å². The van der Waals surface area contributed by atoms with Gasteiger partial charge in [0.1, 0.15) is 0 Å². The van der Waals surface area contributed by atoms with Crippen molar-refractivity contribution in [3.05, 3.63) is 35.4 Å². The molecule has 2 atom stereocenters. The van der Waals surface area contributed by atoms with E-state index in [0.29, 0.717) is 10.8 Å². The number of rotatable bonds is 4. The fourth-order valence-electron chi connectivity index (χ4n) is 2.59. The Labute approximate surface area is 123 Å². The van der Waals surface area contributed by atoms with Crippen LogP contribution >= 0.6 is 11.8 Å². The zero-order valence-electron chi connectivity index (χ0n) is 11.5. The van der Waals surface area contributed by atoms with Crippen molar-refractivity contribution in [2.24, 2.45) is 0 Å². The molecule has 1 aliphatic carbocycles. The first-order valence-corrected chi connectivity index (χ1v) is 8.07. The Kier molecular flexibility index (Phi) is 5.06. The number of hydrogen-bond donors (Lipinski definition) is 2. The molecule has 108 valence electrons. The smallest absolute Gasteiger partial charge is 0.335 e. The van der Waals surface area contributed by atoms with E-state index in [1.54, 1.807) is 23.9 Å². The molecular weight excluding hydrogens is 274 g/mol. The molecule has 20 heavy (non-hydrogen) atoms. The maximum absolute atomic E-state index is 12.2. The van der Waals surface area contributed by atoms with Crippen molar-refractivity contribution in [1.82, 2.24) is 5.32 Å². The van der Waals surface area contributed by atoms with Gasteiger partial charge in [0.05, 0.1) is 5.56 Å². The summed E-state index contributed by atoms with van der Waals surface area (Å²) in [6.07, 6.45) is 6.54. The predicted molar refractivity (Wildman–Crippen MR) is 80.4 cm³/mol. The topological polar surface area (TPSA) is 66.4 Å². The molecule has 0 bridgehead atoms. The van der Waals surface area contributed by atoms with Gasteiger partial charge in [0.2, 0.25) is 0 Å². The number of carbonyl (C=O) groups is 2. The van der Waals surface area contributed by atoms with Crippen LogP contribution in [0.1, 0.15) is 46.4 Å². The molecule has 2 rings (SSSR count). The third-order valence-corrected chi connectivity index (χ3v) is 4.86. The third kappa shape index (κ3) is 3.54. The van der Waals surface area contributed by atoms with E-state index in [-0.39, 0.29) is 17.5 Å². The molecule has 1 fully saturated rings. The van der Waals surface area contributed by atoms with Crippen LogP contribution in [-0.2, 0) is 0 Å². The van der Waals surface area contributed by atoms with Gasteiger partial charge in [-0.1, -0.05) is 18.9 Å². The quantitative estimate of drug-likeness (QED) is 0.896. The molecule has 0 heterocycles. The van der Waals surface area contributed by atoms with Gasteiger partial charge >= 0.3 is 5.97 Å². The van der Waals surface area contributed by atoms with Crippen LogP contribution in [0.3, 0.4) is 0 Å². The van der Waals surface area contributed by atoms with Crippen molar-refractivity contribution in [1.29, 1.82) is 0 Å². The second-order valence-corrected chi connectivity index (χ2v) is 6.10. The van der Waals surface area contributed by atoms with Gasteiger partial charge in [-0.25, -0.2) is 4.79 Å². The summed E-state index contributed by atoms with van der Waals surface area (Å²) in [6, 6.07) is 6.35. The molecule has 0 saturated heterocycles. The van der Waals surface area contributed by atoms with Crippen LogP contribution in [0.15, 0.2) is 24.3 Å². The van der Waals surface area contributed by atoms with Crippen LogP contribution in [0.5, 0.6) is 0 Å². The average molecular weight is 293 g/mol. The molecule has 2 N–H and O–H groups in total. The number of carboxylic acid groups (broad SMARTS) is 1. The summed E-state index contributed by atoms with van der Waals surface area (Å²) in [5.74, 6) is -1.20. The fourth-order valence-corrected chi connectivity index (χ4v) is 3.52. The fraction of sp³-hybridized carbons (Fsp3) is 0.467. The summed E-state index contributed by atoms with van der Waals surface area (Å²) < 4.78 is 0. The first-order valence-electron chi connectivity index (χ1n) is 6.79. The highest BCUT2D eigenvalue weighted by Crippen LogP contribution is 2.27. The number of carbonyl (C=O) groups excluding carboxylic acids is 1. The van der Waals surface area contributed by atoms with Crippen molar-refractivity contribution in [3.63, 3.8) is 0 Å². The first kappa shape index (κ1) is 14.9. The maximum Gasteiger partial charge on any atom is 0.335 e. The number of carboxylic acids is 1. The second kappa shape index (κ2) is 6.79. The molecule has 0 spiro atoms. The van der Waals surface area contributed by atoms with Crippen LogP contribution in [0.2, 0.25) is 0 Å². The number of amides is 1. The molecule has 1 saturated carbocycles. The summed E-state index contributed by atoms with van der Waals surface area (Å²) in [5.41, 5.74) is 0.554. The Morgan fingerprint density at radius 1 is 1.25 bits per heavy atom. The lowest BCUT2D eigenvalue weighted by atomic mass is 9.94. The van der Waals surface area contributed by atoms with Gasteiger partial charge in [0, 0.05) is 16.9 Å². The lowest BCUT2D eigenvalue weighted by molar-refractivity contribution is 0.0697. The molecule has 1 aliphatic rings. The van der Waals surface area contributed by atoms with E-state index < -0.39 is 5.97 Å². The molecule has 2 unspecified atom stereocenters. The Balaban J connectivity index is 2.07. The summed E-state index contributed by atoms with van der Waals surface area (Å²) in [6.45, 7) is 0. The van der Waals surface area contributed by atoms with Crippen molar-refractivity contribution in [3.8, 4) is 0 Å². The van der Waals surface area contributed by atoms with Gasteiger partial charge < -0.3 is 10.4 Å². The number of nitrogens with one attached hydrogen (secondary N) is 1. The lowest BCUT2D eigenvalue weighted by Crippen LogP contribution is -2.43. The first-order chi connectivity index (χ1) is 9.61. The minimum absolute atomic E-state index is 0.141. The van der Waals surface area contributed by atoms with E-state index in [2.05, 4.69) is 11.6 Å². The third-order valence-electron chi connectivity index (χ3n) is 3.69. The van der Waals surface area contributed by atoms with Gasteiger partial charge in [-0.3, -0.25) is 4.79 Å². The molecule has 1 aromatic carbocycles. The molecule has 4 nitrogen and oxygen atoms in total. The van der Waals surface area contributed by atoms with Crippen LogP contribution in [-0.4, -0.2) is 34.5 Å². The maximum atomic E-state index is 12.2. The molecule has 0 radical (unpaired) electrons. The van der Waals surface area contributed by atoms with Gasteiger partial charge in [-0.05, 0) is 37.3 Å². The standard InChI is InChI=1S/C15H19NO3S/c1-20-13-8-3-2-7-12(13)16-14(17)10-5-4-6-11(9-10)15(18)19/h4-6,9,12-13H,2-3,7-8H2,1H3,(H,16,17)(H,18,19). The van der Waals surface area contributed by atoms with Crippen molar-refractivity contribution < 1.29 is 14.7 Å². The van der Waals surface area contributed by atoms with E-state index in [1.165, 1.54) is 18.6 Å². The van der Waals surface area contributed by atoms with E-state index in [1.807, 2.05) is 0 Å². The van der Waals surface area contributed by atoms with Crippen molar-refractivity contribution in [2.45, 2.75) is 37.0 Å². The highest BCUT2D eigenvalue weighted by molar-refractivity contribution is 7.99. The van der Waals surface area contributed by atoms with E-state index >= 15 is 0 Å². The van der Waals surface area contributed by atoms with Crippen LogP contribution in [0.4, 0.5) is 0 Å². The Bertz CT molecular complexity index is 504. The number of benzene rings is 1. The largest absolute Gasteiger partial charge is 0.478 e. The van der Waals surface area contributed by atoms with Gasteiger partial charge in [0.15, 0.2) is 0 Å². The van der Waals surface area contributed by atoms with Gasteiger partial charge in [0.25, 0.3) is 5.91 Å². The summed E-state index contributed by atoms with van der Waals surface area (Å²) in [7, 11) is 0. The zero-order chi connectivity index (χ0) is 14.5. The zero-order valence-corrected chi connectivity index (χ0v) is 12.3. The molecule has 1 amide bonds. The van der Waals surface area contributed by atoms with E-state index in [0.717, 1.165) is 19.3 Å². The van der Waals surface area contributed by atoms with Crippen molar-refractivity contribution >= 4 is 23.6 Å². The predicted octanol–water partition coefficient (Wildman–Crippen LogP) is 2.79. The highest BCUT2D eigenvalue weighted by Gasteiger charge is 2.26. The van der Waals surface area contributed by atoms with Crippen molar-refractivity contribution in [2.75, 3.05) is 6.26 Å². The van der Waals surface area contributed by atoms with Crippen LogP contribution in [0, 0.1) is 0 Å². The summed E-state index contributed by atoms with van der Waals surface area (Å²) in [5, 5.41) is 12.5. The highest BCUT2D eigenvalue weighted by atomic mass is 32.2. The lowest BCUT2D eigenvalue weighted by Gasteiger charge is -2.30. The molecule has 5 heteroatoms. The van der Waals surface area contributed by atoms with E-state index in [9.17, 15) is 9.59 Å². The average Bonchev–Trinajstić information content (AvgIpc) is 2.48. The summed E-state index contributed by atoms with van der Waals surface area (Å²) in [4.78, 5) is 23.2. The number of thioether (sulfide) groups is 1. The molecule has 1 aromatic rings. The molecule has 0 aliphatic heterocycles. The molecule has 0 aromatic heterocycles. The summed E-state index contributed by atoms with van der Waals surface area (Å²) >= 11 is 1.79. The van der Waals surface area contributed by atoms with E-state index in [4.69, 9.17) is 5.11 Å².